The molecular formula is C20H33NO3S7Si. The van der Waals surface area contributed by atoms with E-state index in [2.05, 4.69) is 50.9 Å². The fourth-order valence-electron chi connectivity index (χ4n) is 2.69. The predicted molar refractivity (Wildman–Crippen MR) is 157 cm³/mol. The molecule has 0 spiro atoms. The summed E-state index contributed by atoms with van der Waals surface area (Å²) >= 11 is 1.76. The standard InChI is InChI=1S/C20H33NO3S7Si/c1-5-13-22-32(23-14-6-2,24-15-7-3)17(4)12-16-25-28-30-31-29-27-20-21-18-10-8-9-11-19(18)26-20/h8-11,17H,5-7,12-16H2,1-4H3. The second kappa shape index (κ2) is 17.7. The van der Waals surface area contributed by atoms with Crippen LogP contribution in [0, 0.1) is 0 Å². The zero-order valence-corrected chi connectivity index (χ0v) is 25.8. The topological polar surface area (TPSA) is 40.6 Å². The maximum atomic E-state index is 6.28. The second-order valence-corrected chi connectivity index (χ2v) is 20.8. The van der Waals surface area contributed by atoms with Crippen molar-refractivity contribution in [2.75, 3.05) is 25.6 Å². The molecule has 0 aliphatic heterocycles. The Hall–Kier alpha value is 1.31. The molecule has 0 saturated heterocycles. The molecule has 0 aliphatic carbocycles. The lowest BCUT2D eigenvalue weighted by atomic mass is 10.3. The van der Waals surface area contributed by atoms with Gasteiger partial charge in [0.15, 0.2) is 4.34 Å². The largest absolute Gasteiger partial charge is 0.503 e. The average molecular weight is 588 g/mol. The lowest BCUT2D eigenvalue weighted by molar-refractivity contribution is 0.0505. The summed E-state index contributed by atoms with van der Waals surface area (Å²) in [4.78, 5) is 4.66. The molecule has 1 aromatic heterocycles. The van der Waals surface area contributed by atoms with E-state index in [-0.39, 0.29) is 0 Å². The number of rotatable bonds is 19. The summed E-state index contributed by atoms with van der Waals surface area (Å²) in [5.41, 5.74) is 1.40. The van der Waals surface area contributed by atoms with Gasteiger partial charge in [0.1, 0.15) is 0 Å². The van der Waals surface area contributed by atoms with Gasteiger partial charge in [0, 0.05) is 31.1 Å². The van der Waals surface area contributed by atoms with E-state index in [0.717, 1.165) is 41.3 Å². The molecule has 0 N–H and O–H groups in total. The van der Waals surface area contributed by atoms with Gasteiger partial charge in [-0.05, 0) is 87.9 Å². The summed E-state index contributed by atoms with van der Waals surface area (Å²) in [5, 5.41) is 0. The summed E-state index contributed by atoms with van der Waals surface area (Å²) in [6.45, 7) is 10.8. The van der Waals surface area contributed by atoms with Gasteiger partial charge < -0.3 is 13.3 Å². The molecule has 4 nitrogen and oxygen atoms in total. The average Bonchev–Trinajstić information content (AvgIpc) is 3.23. The Morgan fingerprint density at radius 1 is 0.906 bits per heavy atom. The highest BCUT2D eigenvalue weighted by molar-refractivity contribution is 9.41. The molecule has 0 amide bonds. The molecule has 0 fully saturated rings. The zero-order valence-electron chi connectivity index (χ0n) is 19.1. The van der Waals surface area contributed by atoms with Crippen LogP contribution >= 0.6 is 72.2 Å². The third kappa shape index (κ3) is 10.5. The van der Waals surface area contributed by atoms with Crippen LogP contribution in [0.15, 0.2) is 28.6 Å². The number of hydrogen-bond acceptors (Lipinski definition) is 11. The molecule has 12 heteroatoms. The van der Waals surface area contributed by atoms with Gasteiger partial charge in [0.2, 0.25) is 0 Å². The van der Waals surface area contributed by atoms with Gasteiger partial charge in [-0.2, -0.15) is 0 Å². The normalized spacial score (nSPS) is 13.1. The van der Waals surface area contributed by atoms with Crippen LogP contribution < -0.4 is 0 Å². The van der Waals surface area contributed by atoms with E-state index < -0.39 is 8.80 Å². The lowest BCUT2D eigenvalue weighted by Gasteiger charge is -2.34. The van der Waals surface area contributed by atoms with Crippen molar-refractivity contribution in [2.45, 2.75) is 63.3 Å². The minimum absolute atomic E-state index is 0.307. The SMILES string of the molecule is CCCO[Si](OCCC)(OCCC)C(C)CCSSSSSSc1nc2ccccc2s1. The van der Waals surface area contributed by atoms with Crippen LogP contribution in [0.25, 0.3) is 10.2 Å². The van der Waals surface area contributed by atoms with Crippen molar-refractivity contribution in [2.24, 2.45) is 0 Å². The van der Waals surface area contributed by atoms with Gasteiger partial charge in [0.25, 0.3) is 0 Å². The predicted octanol–water partition coefficient (Wildman–Crippen LogP) is 9.63. The van der Waals surface area contributed by atoms with E-state index in [1.165, 1.54) is 4.70 Å². The number of aromatic nitrogens is 1. The van der Waals surface area contributed by atoms with Gasteiger partial charge in [-0.3, -0.25) is 0 Å². The highest BCUT2D eigenvalue weighted by atomic mass is 33.9. The number of para-hydroxylation sites is 1. The number of hydrogen-bond donors (Lipinski definition) is 0. The molecule has 0 saturated carbocycles. The Morgan fingerprint density at radius 2 is 1.53 bits per heavy atom. The highest BCUT2D eigenvalue weighted by Crippen LogP contribution is 2.54. The minimum Gasteiger partial charge on any atom is -0.373 e. The van der Waals surface area contributed by atoms with Crippen LogP contribution in [-0.2, 0) is 13.3 Å². The van der Waals surface area contributed by atoms with E-state index in [1.807, 2.05) is 36.5 Å². The van der Waals surface area contributed by atoms with Crippen molar-refractivity contribution in [3.8, 4) is 0 Å². The third-order valence-corrected chi connectivity index (χ3v) is 19.6. The second-order valence-electron chi connectivity index (χ2n) is 6.96. The molecular weight excluding hydrogens is 555 g/mol. The van der Waals surface area contributed by atoms with E-state index in [9.17, 15) is 0 Å². The van der Waals surface area contributed by atoms with Crippen LogP contribution in [-0.4, -0.2) is 39.4 Å². The monoisotopic (exact) mass is 587 g/mol. The van der Waals surface area contributed by atoms with Crippen LogP contribution in [0.1, 0.15) is 53.4 Å². The van der Waals surface area contributed by atoms with E-state index in [1.54, 1.807) is 41.8 Å². The molecule has 0 bridgehead atoms. The van der Waals surface area contributed by atoms with Crippen LogP contribution in [0.2, 0.25) is 5.54 Å². The maximum Gasteiger partial charge on any atom is 0.503 e. The number of thiazole rings is 1. The quantitative estimate of drug-likeness (QED) is 0.0901. The van der Waals surface area contributed by atoms with Crippen molar-refractivity contribution < 1.29 is 13.3 Å². The number of fused-ring (bicyclic) bond motifs is 1. The van der Waals surface area contributed by atoms with E-state index in [0.29, 0.717) is 25.4 Å². The van der Waals surface area contributed by atoms with Crippen LogP contribution in [0.4, 0.5) is 0 Å². The highest BCUT2D eigenvalue weighted by Gasteiger charge is 2.46. The van der Waals surface area contributed by atoms with Crippen molar-refractivity contribution in [3.05, 3.63) is 24.3 Å². The molecule has 1 heterocycles. The van der Waals surface area contributed by atoms with Gasteiger partial charge in [-0.15, -0.1) is 11.3 Å². The fourth-order valence-corrected chi connectivity index (χ4v) is 18.9. The molecule has 182 valence electrons. The first-order chi connectivity index (χ1) is 15.6. The van der Waals surface area contributed by atoms with Gasteiger partial charge in [-0.1, -0.05) is 50.6 Å². The van der Waals surface area contributed by atoms with Crippen molar-refractivity contribution >= 4 is 91.2 Å². The summed E-state index contributed by atoms with van der Waals surface area (Å²) in [6, 6.07) is 8.30. The molecule has 2 aromatic rings. The van der Waals surface area contributed by atoms with Crippen LogP contribution in [0.5, 0.6) is 0 Å². The third-order valence-electron chi connectivity index (χ3n) is 4.27. The van der Waals surface area contributed by atoms with E-state index in [4.69, 9.17) is 13.3 Å². The van der Waals surface area contributed by atoms with Gasteiger partial charge in [0.05, 0.1) is 10.2 Å². The number of benzene rings is 1. The Bertz CT molecular complexity index is 700. The Kier molecular flexibility index (Phi) is 16.3. The first kappa shape index (κ1) is 29.5. The van der Waals surface area contributed by atoms with Crippen molar-refractivity contribution in [1.82, 2.24) is 4.98 Å². The van der Waals surface area contributed by atoms with Crippen molar-refractivity contribution in [3.63, 3.8) is 0 Å². The fraction of sp³-hybridized carbons (Fsp3) is 0.650. The Morgan fingerprint density at radius 3 is 2.16 bits per heavy atom. The molecule has 0 aliphatic rings. The molecule has 32 heavy (non-hydrogen) atoms. The molecule has 1 aromatic carbocycles. The lowest BCUT2D eigenvalue weighted by Crippen LogP contribution is -2.50. The summed E-state index contributed by atoms with van der Waals surface area (Å²) < 4.78 is 21.2. The molecule has 1 unspecified atom stereocenters. The van der Waals surface area contributed by atoms with E-state index >= 15 is 0 Å². The zero-order chi connectivity index (χ0) is 23.1. The van der Waals surface area contributed by atoms with Crippen LogP contribution in [0.3, 0.4) is 0 Å². The first-order valence-corrected chi connectivity index (χ1v) is 21.2. The summed E-state index contributed by atoms with van der Waals surface area (Å²) in [6.07, 6.45) is 3.99. The molecule has 1 atom stereocenters. The Labute approximate surface area is 221 Å². The minimum atomic E-state index is -2.64. The summed E-state index contributed by atoms with van der Waals surface area (Å²) in [7, 11) is 8.22. The molecule has 0 radical (unpaired) electrons. The molecule has 2 rings (SSSR count). The Balaban J connectivity index is 1.66. The first-order valence-electron chi connectivity index (χ1n) is 10.9. The maximum absolute atomic E-state index is 6.28. The van der Waals surface area contributed by atoms with Crippen molar-refractivity contribution in [1.29, 1.82) is 0 Å². The van der Waals surface area contributed by atoms with Gasteiger partial charge >= 0.3 is 8.80 Å². The summed E-state index contributed by atoms with van der Waals surface area (Å²) in [5.74, 6) is 1.06. The van der Waals surface area contributed by atoms with Gasteiger partial charge in [-0.25, -0.2) is 4.98 Å². The smallest absolute Gasteiger partial charge is 0.373 e. The number of nitrogens with zero attached hydrogens (tertiary/aromatic N) is 1.